The zero-order chi connectivity index (χ0) is 24.5. The van der Waals surface area contributed by atoms with Gasteiger partial charge in [0, 0.05) is 12.3 Å². The van der Waals surface area contributed by atoms with Crippen LogP contribution >= 0.6 is 22.4 Å². The monoisotopic (exact) mass is 546 g/mol. The second-order valence-corrected chi connectivity index (χ2v) is 12.9. The Kier molecular flexibility index (Phi) is 6.40. The highest BCUT2D eigenvalue weighted by atomic mass is 32.5. The van der Waals surface area contributed by atoms with Gasteiger partial charge in [-0.25, -0.2) is 17.8 Å². The van der Waals surface area contributed by atoms with Crippen LogP contribution in [0.3, 0.4) is 0 Å². The van der Waals surface area contributed by atoms with Crippen molar-refractivity contribution in [2.75, 3.05) is 6.67 Å². The molecular formula is C11H18FN2O14P3S. The van der Waals surface area contributed by atoms with E-state index in [0.717, 1.165) is 24.1 Å². The lowest BCUT2D eigenvalue weighted by Crippen LogP contribution is -2.62. The minimum Gasteiger partial charge on any atom is -0.382 e. The number of ether oxygens (including phenoxy) is 1. The number of fused-ring (bicyclic) bond motifs is 1. The normalized spacial score (nSPS) is 42.7. The van der Waals surface area contributed by atoms with Crippen molar-refractivity contribution in [2.24, 2.45) is 0 Å². The van der Waals surface area contributed by atoms with Gasteiger partial charge in [-0.1, -0.05) is 0 Å². The van der Waals surface area contributed by atoms with Gasteiger partial charge in [0.05, 0.1) is 0 Å². The van der Waals surface area contributed by atoms with Crippen LogP contribution in [0.1, 0.15) is 6.92 Å². The number of halogens is 1. The zero-order valence-electron chi connectivity index (χ0n) is 15.7. The number of aliphatic hydroxyl groups excluding tert-OH is 1. The highest BCUT2D eigenvalue weighted by Gasteiger charge is 2.93. The quantitative estimate of drug-likeness (QED) is 0.148. The Morgan fingerprint density at radius 2 is 1.88 bits per heavy atom. The van der Waals surface area contributed by atoms with Gasteiger partial charge in [-0.3, -0.25) is 9.32 Å². The molecule has 3 aliphatic rings. The second-order valence-electron chi connectivity index (χ2n) is 7.13. The summed E-state index contributed by atoms with van der Waals surface area (Å²) in [6.07, 6.45) is -3.47. The summed E-state index contributed by atoms with van der Waals surface area (Å²) in [7, 11) is -11.3. The molecule has 0 radical (unpaired) electrons. The van der Waals surface area contributed by atoms with Gasteiger partial charge in [0.15, 0.2) is 17.4 Å². The van der Waals surface area contributed by atoms with Crippen molar-refractivity contribution < 1.29 is 71.1 Å². The van der Waals surface area contributed by atoms with E-state index in [-0.39, 0.29) is 0 Å². The van der Waals surface area contributed by atoms with Crippen molar-refractivity contribution in [3.8, 4) is 0 Å². The largest absolute Gasteiger partial charge is 0.488 e. The summed E-state index contributed by atoms with van der Waals surface area (Å²) in [6, 6.07) is 0. The molecule has 1 saturated heterocycles. The molecule has 2 aliphatic heterocycles. The van der Waals surface area contributed by atoms with Gasteiger partial charge in [-0.15, -0.1) is 0 Å². The lowest BCUT2D eigenvalue weighted by Gasteiger charge is -2.42. The fourth-order valence-electron chi connectivity index (χ4n) is 3.64. The number of nitrogens with one attached hydrogen (secondary N) is 1. The zero-order valence-corrected chi connectivity index (χ0v) is 19.2. The molecule has 0 spiro atoms. The third kappa shape index (κ3) is 4.24. The molecule has 2 fully saturated rings. The van der Waals surface area contributed by atoms with Crippen LogP contribution in [0.25, 0.3) is 0 Å². The summed E-state index contributed by atoms with van der Waals surface area (Å²) in [6.45, 7) is -5.59. The van der Waals surface area contributed by atoms with E-state index in [9.17, 15) is 43.4 Å². The minimum atomic E-state index is -5.69. The molecule has 8 atom stereocenters. The van der Waals surface area contributed by atoms with E-state index in [1.54, 1.807) is 0 Å². The molecule has 3 rings (SSSR count). The molecular weight excluding hydrogens is 528 g/mol. The maximum atomic E-state index is 14.0. The summed E-state index contributed by atoms with van der Waals surface area (Å²) in [4.78, 5) is 48.7. The summed E-state index contributed by atoms with van der Waals surface area (Å²) >= 11 is 4.46. The summed E-state index contributed by atoms with van der Waals surface area (Å²) in [5, 5.41) is 33.9. The fraction of sp³-hybridized carbons (Fsp3) is 0.727. The van der Waals surface area contributed by atoms with Crippen LogP contribution in [0.2, 0.25) is 0 Å². The third-order valence-electron chi connectivity index (χ3n) is 5.01. The van der Waals surface area contributed by atoms with E-state index in [2.05, 4.69) is 25.7 Å². The first-order chi connectivity index (χ1) is 14.3. The Hall–Kier alpha value is -0.390. The van der Waals surface area contributed by atoms with Crippen LogP contribution < -0.4 is 5.32 Å². The molecule has 8 unspecified atom stereocenters. The van der Waals surface area contributed by atoms with Crippen LogP contribution in [0.4, 0.5) is 4.39 Å². The van der Waals surface area contributed by atoms with E-state index >= 15 is 0 Å². The van der Waals surface area contributed by atoms with Gasteiger partial charge >= 0.3 is 22.4 Å². The Labute approximate surface area is 183 Å². The maximum absolute atomic E-state index is 14.0. The van der Waals surface area contributed by atoms with Crippen molar-refractivity contribution in [1.29, 1.82) is 0 Å². The standard InChI is InChI=1S/C11H18FN2O14P3S/c1-9(17)7(14-3-2-5(15)13-8(14)16)25-10(4-12)6(11(9,10)18)26-31(24,32)28-30(22,23)27-29(19,20)21/h2-3,6-8,16-18H,4H2,1H3,(H,13,15)(H,22,23)(H,24,32)(H2,19,20,21). The number of nitrogens with zero attached hydrogens (tertiary/aromatic N) is 1. The molecule has 2 heterocycles. The molecule has 1 aliphatic carbocycles. The molecule has 1 saturated carbocycles. The summed E-state index contributed by atoms with van der Waals surface area (Å²) in [5.74, 6) is -0.694. The number of carbonyl (C=O) groups is 1. The number of amides is 1. The maximum Gasteiger partial charge on any atom is 0.488 e. The van der Waals surface area contributed by atoms with E-state index in [1.165, 1.54) is 0 Å². The van der Waals surface area contributed by atoms with E-state index < -0.39 is 70.4 Å². The molecule has 8 N–H and O–H groups in total. The predicted octanol–water partition coefficient (Wildman–Crippen LogP) is -2.40. The molecule has 32 heavy (non-hydrogen) atoms. The Bertz CT molecular complexity index is 991. The molecule has 16 nitrogen and oxygen atoms in total. The third-order valence-corrected chi connectivity index (χ3v) is 9.68. The Balaban J connectivity index is 1.83. The number of phosphoric acid groups is 2. The number of hydrogen-bond donors (Lipinski definition) is 8. The number of rotatable bonds is 8. The van der Waals surface area contributed by atoms with E-state index in [1.807, 2.05) is 0 Å². The SMILES string of the molecule is CC1(O)C(N2C=CC(=O)NC2O)OC2(CF)C(OP(O)(=S)OP(=O)(O)OP(=O)(O)O)C12O. The van der Waals surface area contributed by atoms with Gasteiger partial charge in [0.2, 0.25) is 12.3 Å². The highest BCUT2D eigenvalue weighted by molar-refractivity contribution is 8.08. The first-order valence-corrected chi connectivity index (χ1v) is 13.9. The van der Waals surface area contributed by atoms with Crippen LogP contribution in [-0.2, 0) is 43.6 Å². The molecule has 0 aromatic heterocycles. The van der Waals surface area contributed by atoms with Gasteiger partial charge in [0.25, 0.3) is 0 Å². The van der Waals surface area contributed by atoms with Crippen LogP contribution in [-0.4, -0.2) is 87.9 Å². The molecule has 0 bridgehead atoms. The smallest absolute Gasteiger partial charge is 0.382 e. The van der Waals surface area contributed by atoms with Crippen LogP contribution in [0.5, 0.6) is 0 Å². The number of hydrogen-bond acceptors (Lipinski definition) is 12. The van der Waals surface area contributed by atoms with Crippen molar-refractivity contribution in [3.63, 3.8) is 0 Å². The average Bonchev–Trinajstić information content (AvgIpc) is 3.00. The predicted molar refractivity (Wildman–Crippen MR) is 99.7 cm³/mol. The highest BCUT2D eigenvalue weighted by Crippen LogP contribution is 2.73. The van der Waals surface area contributed by atoms with E-state index in [0.29, 0.717) is 0 Å². The van der Waals surface area contributed by atoms with Crippen molar-refractivity contribution in [3.05, 3.63) is 12.3 Å². The first-order valence-electron chi connectivity index (χ1n) is 8.27. The molecule has 0 aromatic rings. The van der Waals surface area contributed by atoms with Crippen LogP contribution in [0.15, 0.2) is 12.3 Å². The lowest BCUT2D eigenvalue weighted by molar-refractivity contribution is -0.211. The Morgan fingerprint density at radius 1 is 1.28 bits per heavy atom. The lowest BCUT2D eigenvalue weighted by atomic mass is 9.93. The van der Waals surface area contributed by atoms with Gasteiger partial charge < -0.3 is 49.8 Å². The minimum absolute atomic E-state index is 0.694. The average molecular weight is 546 g/mol. The summed E-state index contributed by atoms with van der Waals surface area (Å²) in [5.41, 5.74) is -7.57. The number of alkyl halides is 1. The number of aliphatic hydroxyl groups is 3. The molecule has 0 aromatic carbocycles. The Morgan fingerprint density at radius 3 is 2.34 bits per heavy atom. The second kappa shape index (κ2) is 7.81. The van der Waals surface area contributed by atoms with Gasteiger partial charge in [-0.05, 0) is 18.7 Å². The molecule has 21 heteroatoms. The molecule has 1 amide bonds. The van der Waals surface area contributed by atoms with Gasteiger partial charge in [-0.2, -0.15) is 4.31 Å². The topological polar surface area (TPSA) is 245 Å². The molecule has 184 valence electrons. The summed E-state index contributed by atoms with van der Waals surface area (Å²) < 4.78 is 54.1. The van der Waals surface area contributed by atoms with Crippen molar-refractivity contribution in [2.45, 2.75) is 42.4 Å². The number of carbonyl (C=O) groups excluding carboxylic acids is 1. The van der Waals surface area contributed by atoms with Crippen LogP contribution in [0, 0.1) is 0 Å². The van der Waals surface area contributed by atoms with E-state index in [4.69, 9.17) is 19.0 Å². The van der Waals surface area contributed by atoms with Crippen molar-refractivity contribution in [1.82, 2.24) is 10.2 Å². The first kappa shape index (κ1) is 26.2. The van der Waals surface area contributed by atoms with Crippen molar-refractivity contribution >= 4 is 40.1 Å². The van der Waals surface area contributed by atoms with Gasteiger partial charge in [0.1, 0.15) is 18.4 Å². The fourth-order valence-corrected chi connectivity index (χ4v) is 7.91.